The van der Waals surface area contributed by atoms with Crippen LogP contribution in [0.3, 0.4) is 0 Å². The Balaban J connectivity index is 1.55. The lowest BCUT2D eigenvalue weighted by molar-refractivity contribution is -0.142. The van der Waals surface area contributed by atoms with Gasteiger partial charge in [0.05, 0.1) is 10.4 Å². The average Bonchev–Trinajstić information content (AvgIpc) is 2.70. The van der Waals surface area contributed by atoms with Gasteiger partial charge in [-0.05, 0) is 36.4 Å². The number of carbonyl (C=O) groups is 2. The highest BCUT2D eigenvalue weighted by Crippen LogP contribution is 2.17. The third kappa shape index (κ3) is 5.47. The van der Waals surface area contributed by atoms with Crippen LogP contribution in [-0.4, -0.2) is 31.9 Å². The summed E-state index contributed by atoms with van der Waals surface area (Å²) in [5, 5.41) is 8.44. The molecule has 2 aromatic carbocycles. The number of carbonyl (C=O) groups excluding carboxylic acids is 2. The number of hydrogen-bond donors (Lipinski definition) is 2. The summed E-state index contributed by atoms with van der Waals surface area (Å²) in [4.78, 5) is 28.0. The van der Waals surface area contributed by atoms with Crippen LogP contribution in [-0.2, 0) is 24.3 Å². The fourth-order valence-corrected chi connectivity index (χ4v) is 3.05. The van der Waals surface area contributed by atoms with Gasteiger partial charge in [-0.3, -0.25) is 9.78 Å². The first-order valence-electron chi connectivity index (χ1n) is 8.44. The van der Waals surface area contributed by atoms with Crippen molar-refractivity contribution >= 4 is 44.6 Å². The fraction of sp³-hybridized carbons (Fsp3) is 0.0500. The largest absolute Gasteiger partial charge is 0.452 e. The summed E-state index contributed by atoms with van der Waals surface area (Å²) in [7, 11) is -3.81. The third-order valence-corrected chi connectivity index (χ3v) is 4.80. The molecule has 9 heteroatoms. The first-order chi connectivity index (χ1) is 13.8. The standard InChI is InChI=1S/C20H17N3O5S/c21-29(26,27)17-9-7-16(8-10-17)23-18(24)13-28-19(25)11-6-15-4-1-3-14-5-2-12-22-20(14)15/h1-12H,13H2,(H,23,24)(H2,21,26,27)/b11-6+. The van der Waals surface area contributed by atoms with Crippen molar-refractivity contribution in [3.05, 3.63) is 72.4 Å². The molecule has 0 bridgehead atoms. The van der Waals surface area contributed by atoms with E-state index < -0.39 is 28.5 Å². The molecular formula is C20H17N3O5S. The molecule has 0 radical (unpaired) electrons. The Morgan fingerprint density at radius 2 is 1.79 bits per heavy atom. The van der Waals surface area contributed by atoms with Crippen LogP contribution < -0.4 is 10.5 Å². The van der Waals surface area contributed by atoms with Crippen LogP contribution in [0.25, 0.3) is 17.0 Å². The number of nitrogens with two attached hydrogens (primary N) is 1. The van der Waals surface area contributed by atoms with Gasteiger partial charge < -0.3 is 10.1 Å². The van der Waals surface area contributed by atoms with Crippen LogP contribution >= 0.6 is 0 Å². The van der Waals surface area contributed by atoms with Gasteiger partial charge in [-0.25, -0.2) is 18.4 Å². The number of para-hydroxylation sites is 1. The van der Waals surface area contributed by atoms with Crippen LogP contribution in [0.4, 0.5) is 5.69 Å². The molecule has 0 unspecified atom stereocenters. The van der Waals surface area contributed by atoms with E-state index in [4.69, 9.17) is 9.88 Å². The molecular weight excluding hydrogens is 394 g/mol. The van der Waals surface area contributed by atoms with Crippen LogP contribution in [0.5, 0.6) is 0 Å². The van der Waals surface area contributed by atoms with Crippen molar-refractivity contribution in [2.24, 2.45) is 5.14 Å². The van der Waals surface area contributed by atoms with Crippen molar-refractivity contribution in [3.8, 4) is 0 Å². The van der Waals surface area contributed by atoms with Crippen LogP contribution in [0.1, 0.15) is 5.56 Å². The molecule has 3 rings (SSSR count). The minimum absolute atomic E-state index is 0.0741. The van der Waals surface area contributed by atoms with Crippen molar-refractivity contribution in [2.45, 2.75) is 4.90 Å². The molecule has 1 heterocycles. The SMILES string of the molecule is NS(=O)(=O)c1ccc(NC(=O)COC(=O)/C=C/c2cccc3cccnc23)cc1. The first-order valence-corrected chi connectivity index (χ1v) is 9.99. The molecule has 0 aliphatic heterocycles. The van der Waals surface area contributed by atoms with E-state index in [1.807, 2.05) is 30.3 Å². The van der Waals surface area contributed by atoms with Gasteiger partial charge in [0, 0.05) is 28.9 Å². The van der Waals surface area contributed by atoms with Crippen molar-refractivity contribution in [1.82, 2.24) is 4.98 Å². The Morgan fingerprint density at radius 3 is 2.52 bits per heavy atom. The molecule has 0 aliphatic rings. The molecule has 1 aromatic heterocycles. The second kappa shape index (κ2) is 8.63. The van der Waals surface area contributed by atoms with Crippen molar-refractivity contribution in [2.75, 3.05) is 11.9 Å². The maximum atomic E-state index is 11.9. The number of pyridine rings is 1. The van der Waals surface area contributed by atoms with Gasteiger partial charge in [-0.1, -0.05) is 24.3 Å². The number of hydrogen-bond acceptors (Lipinski definition) is 6. The van der Waals surface area contributed by atoms with E-state index in [2.05, 4.69) is 10.3 Å². The minimum Gasteiger partial charge on any atom is -0.452 e. The Bertz CT molecular complexity index is 1180. The predicted molar refractivity (Wildman–Crippen MR) is 108 cm³/mol. The molecule has 3 N–H and O–H groups in total. The number of rotatable bonds is 6. The molecule has 0 spiro atoms. The van der Waals surface area contributed by atoms with Crippen LogP contribution in [0.2, 0.25) is 0 Å². The predicted octanol–water partition coefficient (Wildman–Crippen LogP) is 2.08. The fourth-order valence-electron chi connectivity index (χ4n) is 2.53. The van der Waals surface area contributed by atoms with E-state index in [1.165, 1.54) is 30.3 Å². The number of anilines is 1. The van der Waals surface area contributed by atoms with Gasteiger partial charge in [0.2, 0.25) is 10.0 Å². The zero-order valence-corrected chi connectivity index (χ0v) is 15.9. The topological polar surface area (TPSA) is 128 Å². The Labute approximate surface area is 167 Å². The number of ether oxygens (including phenoxy) is 1. The molecule has 3 aromatic rings. The second-order valence-corrected chi connectivity index (χ2v) is 7.54. The molecule has 0 saturated carbocycles. The number of sulfonamides is 1. The van der Waals surface area contributed by atoms with Gasteiger partial charge in [0.15, 0.2) is 6.61 Å². The van der Waals surface area contributed by atoms with Crippen molar-refractivity contribution in [1.29, 1.82) is 0 Å². The number of benzene rings is 2. The van der Waals surface area contributed by atoms with Gasteiger partial charge in [-0.2, -0.15) is 0 Å². The molecule has 0 fully saturated rings. The summed E-state index contributed by atoms with van der Waals surface area (Å²) < 4.78 is 27.3. The highest BCUT2D eigenvalue weighted by atomic mass is 32.2. The number of fused-ring (bicyclic) bond motifs is 1. The first kappa shape index (κ1) is 20.2. The number of aromatic nitrogens is 1. The van der Waals surface area contributed by atoms with E-state index >= 15 is 0 Å². The smallest absolute Gasteiger partial charge is 0.331 e. The minimum atomic E-state index is -3.81. The maximum absolute atomic E-state index is 11.9. The molecule has 0 saturated heterocycles. The molecule has 29 heavy (non-hydrogen) atoms. The average molecular weight is 411 g/mol. The normalized spacial score (nSPS) is 11.5. The van der Waals surface area contributed by atoms with E-state index in [0.717, 1.165) is 16.5 Å². The summed E-state index contributed by atoms with van der Waals surface area (Å²) in [5.74, 6) is -1.25. The molecule has 0 aliphatic carbocycles. The summed E-state index contributed by atoms with van der Waals surface area (Å²) in [5.41, 5.74) is 1.84. The summed E-state index contributed by atoms with van der Waals surface area (Å²) in [6.07, 6.45) is 4.46. The number of primary sulfonamides is 1. The second-order valence-electron chi connectivity index (χ2n) is 5.98. The Hall–Kier alpha value is -3.56. The Kier molecular flexibility index (Phi) is 6.01. The maximum Gasteiger partial charge on any atom is 0.331 e. The van der Waals surface area contributed by atoms with E-state index in [9.17, 15) is 18.0 Å². The van der Waals surface area contributed by atoms with Crippen molar-refractivity contribution < 1.29 is 22.7 Å². The van der Waals surface area contributed by atoms with E-state index in [1.54, 1.807) is 12.3 Å². The zero-order valence-electron chi connectivity index (χ0n) is 15.1. The number of nitrogens with zero attached hydrogens (tertiary/aromatic N) is 1. The van der Waals surface area contributed by atoms with Gasteiger partial charge >= 0.3 is 5.97 Å². The van der Waals surface area contributed by atoms with Gasteiger partial charge in [0.25, 0.3) is 5.91 Å². The zero-order chi connectivity index (χ0) is 20.9. The van der Waals surface area contributed by atoms with E-state index in [-0.39, 0.29) is 4.90 Å². The molecule has 0 atom stereocenters. The third-order valence-electron chi connectivity index (χ3n) is 3.88. The lowest BCUT2D eigenvalue weighted by atomic mass is 10.1. The number of esters is 1. The quantitative estimate of drug-likeness (QED) is 0.472. The lowest BCUT2D eigenvalue weighted by Crippen LogP contribution is -2.20. The summed E-state index contributed by atoms with van der Waals surface area (Å²) in [6.45, 7) is -0.492. The van der Waals surface area contributed by atoms with E-state index in [0.29, 0.717) is 5.69 Å². The molecule has 8 nitrogen and oxygen atoms in total. The van der Waals surface area contributed by atoms with Crippen molar-refractivity contribution in [3.63, 3.8) is 0 Å². The molecule has 148 valence electrons. The van der Waals surface area contributed by atoms with Crippen LogP contribution in [0.15, 0.2) is 71.8 Å². The highest BCUT2D eigenvalue weighted by Gasteiger charge is 2.09. The summed E-state index contributed by atoms with van der Waals surface area (Å²) >= 11 is 0. The van der Waals surface area contributed by atoms with Gasteiger partial charge in [-0.15, -0.1) is 0 Å². The van der Waals surface area contributed by atoms with Gasteiger partial charge in [0.1, 0.15) is 0 Å². The number of nitrogens with one attached hydrogen (secondary N) is 1. The summed E-state index contributed by atoms with van der Waals surface area (Å²) in [6, 6.07) is 14.6. The lowest BCUT2D eigenvalue weighted by Gasteiger charge is -2.06. The Morgan fingerprint density at radius 1 is 1.07 bits per heavy atom. The monoisotopic (exact) mass is 411 g/mol. The highest BCUT2D eigenvalue weighted by molar-refractivity contribution is 7.89. The van der Waals surface area contributed by atoms with Crippen LogP contribution in [0, 0.1) is 0 Å². The number of amides is 1. The molecule has 1 amide bonds.